The van der Waals surface area contributed by atoms with Gasteiger partial charge in [-0.3, -0.25) is 10.1 Å². The van der Waals surface area contributed by atoms with Crippen LogP contribution in [0.5, 0.6) is 5.75 Å². The molecule has 0 atom stereocenters. The van der Waals surface area contributed by atoms with Gasteiger partial charge >= 0.3 is 5.69 Å². The Balaban J connectivity index is 1.89. The van der Waals surface area contributed by atoms with Crippen LogP contribution >= 0.6 is 11.3 Å². The van der Waals surface area contributed by atoms with Crippen molar-refractivity contribution < 1.29 is 9.66 Å². The molecule has 0 spiro atoms. The number of anilines is 1. The predicted octanol–water partition coefficient (Wildman–Crippen LogP) is 4.74. The molecule has 1 N–H and O–H groups in total. The van der Waals surface area contributed by atoms with Gasteiger partial charge in [-0.15, -0.1) is 11.3 Å². The zero-order valence-electron chi connectivity index (χ0n) is 15.1. The number of benzene rings is 2. The number of hydrogen-bond donors (Lipinski definition) is 1. The number of nitrogens with one attached hydrogen (secondary N) is 1. The summed E-state index contributed by atoms with van der Waals surface area (Å²) in [6.07, 6.45) is 1.34. The van der Waals surface area contributed by atoms with Gasteiger partial charge in [0.2, 0.25) is 0 Å². The summed E-state index contributed by atoms with van der Waals surface area (Å²) in [5.74, 6) is 0.190. The standard InChI is InChI=1S/C20H13N5O3S/c1-28-19-6-5-14(8-18(19)25(26)27)17-12-29-20(24-17)15-3-2-4-16(7-15)23-11-13(9-21)10-22/h2-8,11-12,23H,1H3. The summed E-state index contributed by atoms with van der Waals surface area (Å²) < 4.78 is 5.03. The van der Waals surface area contributed by atoms with E-state index in [1.54, 1.807) is 30.3 Å². The van der Waals surface area contributed by atoms with E-state index in [4.69, 9.17) is 15.3 Å². The molecule has 0 unspecified atom stereocenters. The van der Waals surface area contributed by atoms with Gasteiger partial charge in [-0.05, 0) is 24.3 Å². The van der Waals surface area contributed by atoms with E-state index < -0.39 is 4.92 Å². The Labute approximate surface area is 170 Å². The number of rotatable bonds is 6. The number of ether oxygens (including phenoxy) is 1. The first-order chi connectivity index (χ1) is 14.0. The average Bonchev–Trinajstić information content (AvgIpc) is 3.24. The Morgan fingerprint density at radius 2 is 2.03 bits per heavy atom. The van der Waals surface area contributed by atoms with Gasteiger partial charge in [-0.25, -0.2) is 4.98 Å². The highest BCUT2D eigenvalue weighted by Crippen LogP contribution is 2.34. The molecule has 0 bridgehead atoms. The van der Waals surface area contributed by atoms with Crippen LogP contribution in [0.15, 0.2) is 59.6 Å². The minimum atomic E-state index is -0.491. The van der Waals surface area contributed by atoms with E-state index in [1.807, 2.05) is 23.6 Å². The summed E-state index contributed by atoms with van der Waals surface area (Å²) >= 11 is 1.40. The third-order valence-corrected chi connectivity index (χ3v) is 4.80. The van der Waals surface area contributed by atoms with Crippen LogP contribution < -0.4 is 10.1 Å². The molecule has 3 aromatic rings. The molecule has 1 aromatic heterocycles. The summed E-state index contributed by atoms with van der Waals surface area (Å²) in [5.41, 5.74) is 2.60. The molecule has 0 aliphatic carbocycles. The Hall–Kier alpha value is -4.21. The lowest BCUT2D eigenvalue weighted by Gasteiger charge is -2.04. The molecule has 29 heavy (non-hydrogen) atoms. The molecule has 9 heteroatoms. The van der Waals surface area contributed by atoms with Crippen molar-refractivity contribution in [1.29, 1.82) is 10.5 Å². The molecule has 0 amide bonds. The Bertz CT molecular complexity index is 1170. The first-order valence-corrected chi connectivity index (χ1v) is 9.09. The van der Waals surface area contributed by atoms with E-state index in [2.05, 4.69) is 10.3 Å². The van der Waals surface area contributed by atoms with Crippen molar-refractivity contribution in [3.8, 4) is 39.7 Å². The van der Waals surface area contributed by atoms with Gasteiger partial charge in [0, 0.05) is 34.5 Å². The maximum atomic E-state index is 11.2. The van der Waals surface area contributed by atoms with E-state index in [9.17, 15) is 10.1 Å². The first kappa shape index (κ1) is 19.5. The molecule has 1 heterocycles. The SMILES string of the molecule is COc1ccc(-c2csc(-c3cccc(NC=C(C#N)C#N)c3)n2)cc1[N+](=O)[O-]. The Kier molecular flexibility index (Phi) is 5.83. The van der Waals surface area contributed by atoms with Crippen LogP contribution in [0.1, 0.15) is 0 Å². The normalized spacial score (nSPS) is 9.76. The van der Waals surface area contributed by atoms with Gasteiger partial charge < -0.3 is 10.1 Å². The number of nitrogens with zero attached hydrogens (tertiary/aromatic N) is 4. The first-order valence-electron chi connectivity index (χ1n) is 8.21. The topological polar surface area (TPSA) is 125 Å². The van der Waals surface area contributed by atoms with Crippen molar-refractivity contribution in [2.75, 3.05) is 12.4 Å². The second-order valence-electron chi connectivity index (χ2n) is 5.69. The molecule has 3 rings (SSSR count). The van der Waals surface area contributed by atoms with Crippen LogP contribution in [0.25, 0.3) is 21.8 Å². The van der Waals surface area contributed by atoms with Crippen molar-refractivity contribution in [2.45, 2.75) is 0 Å². The van der Waals surface area contributed by atoms with Crippen molar-refractivity contribution in [2.24, 2.45) is 0 Å². The minimum Gasteiger partial charge on any atom is -0.490 e. The predicted molar refractivity (Wildman–Crippen MR) is 109 cm³/mol. The van der Waals surface area contributed by atoms with E-state index in [-0.39, 0.29) is 17.0 Å². The zero-order chi connectivity index (χ0) is 20.8. The van der Waals surface area contributed by atoms with Crippen LogP contribution in [0.3, 0.4) is 0 Å². The molecule has 2 aromatic carbocycles. The largest absolute Gasteiger partial charge is 0.490 e. The van der Waals surface area contributed by atoms with Crippen LogP contribution in [0.2, 0.25) is 0 Å². The summed E-state index contributed by atoms with van der Waals surface area (Å²) in [6, 6.07) is 15.6. The Morgan fingerprint density at radius 3 is 2.72 bits per heavy atom. The average molecular weight is 403 g/mol. The van der Waals surface area contributed by atoms with Gasteiger partial charge in [-0.2, -0.15) is 10.5 Å². The number of hydrogen-bond acceptors (Lipinski definition) is 8. The Morgan fingerprint density at radius 1 is 1.24 bits per heavy atom. The number of allylic oxidation sites excluding steroid dienone is 1. The molecule has 0 aliphatic heterocycles. The fourth-order valence-corrected chi connectivity index (χ4v) is 3.34. The van der Waals surface area contributed by atoms with E-state index in [0.29, 0.717) is 16.9 Å². The molecule has 0 saturated carbocycles. The molecule has 0 radical (unpaired) electrons. The van der Waals surface area contributed by atoms with E-state index >= 15 is 0 Å². The number of nitro benzene ring substituents is 1. The second kappa shape index (κ2) is 8.65. The van der Waals surface area contributed by atoms with Crippen molar-refractivity contribution >= 4 is 22.7 Å². The molecular weight excluding hydrogens is 390 g/mol. The van der Waals surface area contributed by atoms with Gasteiger partial charge in [0.1, 0.15) is 22.7 Å². The van der Waals surface area contributed by atoms with Crippen molar-refractivity contribution in [1.82, 2.24) is 4.98 Å². The maximum Gasteiger partial charge on any atom is 0.311 e. The monoisotopic (exact) mass is 403 g/mol. The number of nitro groups is 1. The van der Waals surface area contributed by atoms with Gasteiger partial charge in [0.05, 0.1) is 17.7 Å². The fourth-order valence-electron chi connectivity index (χ4n) is 2.52. The lowest BCUT2D eigenvalue weighted by molar-refractivity contribution is -0.385. The molecule has 0 aliphatic rings. The lowest BCUT2D eigenvalue weighted by Crippen LogP contribution is -1.94. The highest BCUT2D eigenvalue weighted by atomic mass is 32.1. The summed E-state index contributed by atoms with van der Waals surface area (Å²) in [5, 5.41) is 34.3. The zero-order valence-corrected chi connectivity index (χ0v) is 15.9. The third-order valence-electron chi connectivity index (χ3n) is 3.91. The van der Waals surface area contributed by atoms with Crippen LogP contribution in [-0.4, -0.2) is 17.0 Å². The summed E-state index contributed by atoms with van der Waals surface area (Å²) in [7, 11) is 1.38. The highest BCUT2D eigenvalue weighted by Gasteiger charge is 2.17. The molecule has 8 nitrogen and oxygen atoms in total. The smallest absolute Gasteiger partial charge is 0.311 e. The van der Waals surface area contributed by atoms with Gasteiger partial charge in [0.25, 0.3) is 0 Å². The third kappa shape index (κ3) is 4.38. The minimum absolute atomic E-state index is 0.0342. The maximum absolute atomic E-state index is 11.2. The quantitative estimate of drug-likeness (QED) is 0.358. The highest BCUT2D eigenvalue weighted by molar-refractivity contribution is 7.13. The van der Waals surface area contributed by atoms with Crippen LogP contribution in [0.4, 0.5) is 11.4 Å². The lowest BCUT2D eigenvalue weighted by atomic mass is 10.1. The van der Waals surface area contributed by atoms with E-state index in [1.165, 1.54) is 30.7 Å². The van der Waals surface area contributed by atoms with Crippen molar-refractivity contribution in [3.05, 3.63) is 69.7 Å². The molecule has 0 fully saturated rings. The van der Waals surface area contributed by atoms with E-state index in [0.717, 1.165) is 10.6 Å². The molecular formula is C20H13N5O3S. The fraction of sp³-hybridized carbons (Fsp3) is 0.0500. The van der Waals surface area contributed by atoms with Crippen molar-refractivity contribution in [3.63, 3.8) is 0 Å². The summed E-state index contributed by atoms with van der Waals surface area (Å²) in [4.78, 5) is 15.3. The molecule has 142 valence electrons. The number of aromatic nitrogens is 1. The second-order valence-corrected chi connectivity index (χ2v) is 6.55. The van der Waals surface area contributed by atoms with Gasteiger partial charge in [0.15, 0.2) is 5.75 Å². The number of methoxy groups -OCH3 is 1. The summed E-state index contributed by atoms with van der Waals surface area (Å²) in [6.45, 7) is 0. The van der Waals surface area contributed by atoms with Gasteiger partial charge in [-0.1, -0.05) is 12.1 Å². The number of nitriles is 2. The number of thiazole rings is 1. The van der Waals surface area contributed by atoms with Crippen LogP contribution in [-0.2, 0) is 0 Å². The van der Waals surface area contributed by atoms with Crippen LogP contribution in [0, 0.1) is 32.8 Å². The molecule has 0 saturated heterocycles.